The minimum atomic E-state index is -0.144. The van der Waals surface area contributed by atoms with E-state index in [9.17, 15) is 9.59 Å². The normalized spacial score (nSPS) is 10.4. The van der Waals surface area contributed by atoms with Crippen LogP contribution in [0.3, 0.4) is 0 Å². The first-order chi connectivity index (χ1) is 13.6. The van der Waals surface area contributed by atoms with Gasteiger partial charge in [0.05, 0.1) is 6.42 Å². The summed E-state index contributed by atoms with van der Waals surface area (Å²) in [6, 6.07) is 23.5. The van der Waals surface area contributed by atoms with E-state index in [1.165, 1.54) is 0 Å². The van der Waals surface area contributed by atoms with Crippen molar-refractivity contribution in [2.75, 3.05) is 11.9 Å². The Balaban J connectivity index is 1.67. The molecule has 0 saturated heterocycles. The molecule has 3 aromatic carbocycles. The maximum atomic E-state index is 12.5. The third-order valence-corrected chi connectivity index (χ3v) is 4.54. The lowest BCUT2D eigenvalue weighted by Gasteiger charge is -2.11. The second-order valence-electron chi connectivity index (χ2n) is 6.68. The van der Waals surface area contributed by atoms with Crippen LogP contribution in [0, 0.1) is 6.92 Å². The molecule has 0 aliphatic heterocycles. The van der Waals surface area contributed by atoms with E-state index in [4.69, 9.17) is 0 Å². The zero-order valence-electron chi connectivity index (χ0n) is 16.2. The maximum Gasteiger partial charge on any atom is 0.251 e. The molecule has 0 radical (unpaired) electrons. The molecule has 0 spiro atoms. The first-order valence-corrected chi connectivity index (χ1v) is 9.40. The molecule has 2 amide bonds. The Morgan fingerprint density at radius 2 is 1.54 bits per heavy atom. The Kier molecular flexibility index (Phi) is 6.22. The zero-order chi connectivity index (χ0) is 19.9. The quantitative estimate of drug-likeness (QED) is 0.665. The van der Waals surface area contributed by atoms with E-state index in [0.717, 1.165) is 22.3 Å². The summed E-state index contributed by atoms with van der Waals surface area (Å²) < 4.78 is 0. The fourth-order valence-electron chi connectivity index (χ4n) is 2.99. The van der Waals surface area contributed by atoms with Crippen LogP contribution in [0.1, 0.15) is 28.4 Å². The molecule has 0 unspecified atom stereocenters. The van der Waals surface area contributed by atoms with Gasteiger partial charge in [0, 0.05) is 17.8 Å². The number of aryl methyl sites for hydroxylation is 1. The Bertz CT molecular complexity index is 964. The van der Waals surface area contributed by atoms with E-state index in [0.29, 0.717) is 17.8 Å². The molecule has 0 aliphatic carbocycles. The minimum absolute atomic E-state index is 0.108. The van der Waals surface area contributed by atoms with Gasteiger partial charge in [-0.05, 0) is 48.2 Å². The predicted octanol–water partition coefficient (Wildman–Crippen LogP) is 4.59. The Morgan fingerprint density at radius 1 is 0.857 bits per heavy atom. The summed E-state index contributed by atoms with van der Waals surface area (Å²) >= 11 is 0. The highest BCUT2D eigenvalue weighted by Gasteiger charge is 2.10. The minimum Gasteiger partial charge on any atom is -0.352 e. The number of carbonyl (C=O) groups excluding carboxylic acids is 2. The van der Waals surface area contributed by atoms with Gasteiger partial charge in [0.1, 0.15) is 0 Å². The van der Waals surface area contributed by atoms with Crippen molar-refractivity contribution < 1.29 is 9.59 Å². The summed E-state index contributed by atoms with van der Waals surface area (Å²) in [5.41, 5.74) is 5.33. The molecule has 0 aliphatic rings. The molecule has 0 fully saturated rings. The van der Waals surface area contributed by atoms with Gasteiger partial charge in [-0.25, -0.2) is 0 Å². The Hall–Kier alpha value is -3.40. The van der Waals surface area contributed by atoms with Crippen LogP contribution in [0.5, 0.6) is 0 Å². The lowest BCUT2D eigenvalue weighted by Crippen LogP contribution is -2.23. The van der Waals surface area contributed by atoms with E-state index in [2.05, 4.69) is 22.8 Å². The summed E-state index contributed by atoms with van der Waals surface area (Å²) in [6.07, 6.45) is 0.278. The number of hydrogen-bond donors (Lipinski definition) is 2. The highest BCUT2D eigenvalue weighted by atomic mass is 16.2. The fourth-order valence-corrected chi connectivity index (χ4v) is 2.99. The van der Waals surface area contributed by atoms with Crippen LogP contribution < -0.4 is 10.6 Å². The molecular formula is C24H24N2O2. The SMILES string of the molecule is CCNC(=O)c1ccc(C)c(NC(=O)Cc2ccc(-c3ccccc3)cc2)c1. The first-order valence-electron chi connectivity index (χ1n) is 9.40. The van der Waals surface area contributed by atoms with Crippen LogP contribution in [0.4, 0.5) is 5.69 Å². The number of nitrogens with one attached hydrogen (secondary N) is 2. The van der Waals surface area contributed by atoms with Crippen LogP contribution in [0.15, 0.2) is 72.8 Å². The van der Waals surface area contributed by atoms with Gasteiger partial charge in [-0.15, -0.1) is 0 Å². The smallest absolute Gasteiger partial charge is 0.251 e. The number of benzene rings is 3. The van der Waals surface area contributed by atoms with Crippen LogP contribution in [0.25, 0.3) is 11.1 Å². The van der Waals surface area contributed by atoms with Crippen molar-refractivity contribution in [1.29, 1.82) is 0 Å². The van der Waals surface area contributed by atoms with Gasteiger partial charge in [0.2, 0.25) is 5.91 Å². The van der Waals surface area contributed by atoms with Gasteiger partial charge < -0.3 is 10.6 Å². The molecule has 0 heterocycles. The topological polar surface area (TPSA) is 58.2 Å². The van der Waals surface area contributed by atoms with Crippen molar-refractivity contribution in [3.8, 4) is 11.1 Å². The van der Waals surface area contributed by atoms with Gasteiger partial charge in [-0.1, -0.05) is 60.7 Å². The van der Waals surface area contributed by atoms with E-state index in [1.807, 2.05) is 62.4 Å². The van der Waals surface area contributed by atoms with Crippen molar-refractivity contribution >= 4 is 17.5 Å². The zero-order valence-corrected chi connectivity index (χ0v) is 16.2. The van der Waals surface area contributed by atoms with Crippen LogP contribution in [-0.2, 0) is 11.2 Å². The number of carbonyl (C=O) groups is 2. The van der Waals surface area contributed by atoms with Crippen LogP contribution in [-0.4, -0.2) is 18.4 Å². The molecule has 3 aromatic rings. The van der Waals surface area contributed by atoms with Gasteiger partial charge in [0.15, 0.2) is 0 Å². The molecule has 2 N–H and O–H groups in total. The van der Waals surface area contributed by atoms with E-state index in [-0.39, 0.29) is 18.2 Å². The second kappa shape index (κ2) is 9.00. The number of anilines is 1. The Labute approximate surface area is 165 Å². The summed E-state index contributed by atoms with van der Waals surface area (Å²) in [5.74, 6) is -0.252. The summed E-state index contributed by atoms with van der Waals surface area (Å²) in [7, 11) is 0. The summed E-state index contributed by atoms with van der Waals surface area (Å²) in [6.45, 7) is 4.34. The van der Waals surface area contributed by atoms with Gasteiger partial charge in [0.25, 0.3) is 5.91 Å². The largest absolute Gasteiger partial charge is 0.352 e. The van der Waals surface area contributed by atoms with E-state index < -0.39 is 0 Å². The van der Waals surface area contributed by atoms with Crippen LogP contribution >= 0.6 is 0 Å². The highest BCUT2D eigenvalue weighted by molar-refractivity contribution is 5.98. The van der Waals surface area contributed by atoms with Crippen LogP contribution in [0.2, 0.25) is 0 Å². The molecule has 0 atom stereocenters. The number of hydrogen-bond acceptors (Lipinski definition) is 2. The standard InChI is InChI=1S/C24H24N2O2/c1-3-25-24(28)21-12-9-17(2)22(16-21)26-23(27)15-18-10-13-20(14-11-18)19-7-5-4-6-8-19/h4-14,16H,3,15H2,1-2H3,(H,25,28)(H,26,27). The number of amides is 2. The van der Waals surface area contributed by atoms with Gasteiger partial charge >= 0.3 is 0 Å². The first kappa shape index (κ1) is 19.4. The second-order valence-corrected chi connectivity index (χ2v) is 6.68. The molecule has 0 bridgehead atoms. The van der Waals surface area contributed by atoms with Crippen molar-refractivity contribution in [2.24, 2.45) is 0 Å². The molecule has 0 aromatic heterocycles. The van der Waals surface area contributed by atoms with E-state index >= 15 is 0 Å². The number of rotatable bonds is 6. The summed E-state index contributed by atoms with van der Waals surface area (Å²) in [4.78, 5) is 24.5. The molecule has 142 valence electrons. The molecule has 3 rings (SSSR count). The van der Waals surface area contributed by atoms with Gasteiger partial charge in [-0.3, -0.25) is 9.59 Å². The monoisotopic (exact) mass is 372 g/mol. The maximum absolute atomic E-state index is 12.5. The lowest BCUT2D eigenvalue weighted by molar-refractivity contribution is -0.115. The van der Waals surface area contributed by atoms with E-state index in [1.54, 1.807) is 12.1 Å². The average molecular weight is 372 g/mol. The third-order valence-electron chi connectivity index (χ3n) is 4.54. The van der Waals surface area contributed by atoms with Crippen molar-refractivity contribution in [2.45, 2.75) is 20.3 Å². The average Bonchev–Trinajstić information content (AvgIpc) is 2.71. The van der Waals surface area contributed by atoms with Gasteiger partial charge in [-0.2, -0.15) is 0 Å². The van der Waals surface area contributed by atoms with Crippen molar-refractivity contribution in [3.05, 3.63) is 89.5 Å². The van der Waals surface area contributed by atoms with Crippen molar-refractivity contribution in [3.63, 3.8) is 0 Å². The molecule has 4 nitrogen and oxygen atoms in total. The molecule has 4 heteroatoms. The Morgan fingerprint density at radius 3 is 2.21 bits per heavy atom. The molecule has 28 heavy (non-hydrogen) atoms. The highest BCUT2D eigenvalue weighted by Crippen LogP contribution is 2.20. The third kappa shape index (κ3) is 4.86. The molecule has 0 saturated carbocycles. The lowest BCUT2D eigenvalue weighted by atomic mass is 10.0. The fraction of sp³-hybridized carbons (Fsp3) is 0.167. The van der Waals surface area contributed by atoms with Crippen molar-refractivity contribution in [1.82, 2.24) is 5.32 Å². The summed E-state index contributed by atoms with van der Waals surface area (Å²) in [5, 5.41) is 5.69. The molecular weight excluding hydrogens is 348 g/mol. The predicted molar refractivity (Wildman–Crippen MR) is 113 cm³/mol.